The van der Waals surface area contributed by atoms with Crippen LogP contribution in [0.2, 0.25) is 0 Å². The van der Waals surface area contributed by atoms with Gasteiger partial charge in [0, 0.05) is 6.20 Å². The van der Waals surface area contributed by atoms with Crippen LogP contribution < -0.4 is 15.2 Å². The zero-order valence-corrected chi connectivity index (χ0v) is 11.1. The van der Waals surface area contributed by atoms with E-state index in [1.807, 2.05) is 24.3 Å². The molecule has 0 amide bonds. The minimum absolute atomic E-state index is 0.427. The summed E-state index contributed by atoms with van der Waals surface area (Å²) in [5.74, 6) is 1.89. The van der Waals surface area contributed by atoms with E-state index in [4.69, 9.17) is 15.2 Å². The summed E-state index contributed by atoms with van der Waals surface area (Å²) >= 11 is 0. The molecule has 0 bridgehead atoms. The second-order valence-corrected chi connectivity index (χ2v) is 4.69. The lowest BCUT2D eigenvalue weighted by atomic mass is 10.0. The summed E-state index contributed by atoms with van der Waals surface area (Å²) in [6.07, 6.45) is 1.68. The van der Waals surface area contributed by atoms with Crippen molar-refractivity contribution in [2.24, 2.45) is 0 Å². The van der Waals surface area contributed by atoms with E-state index in [-0.39, 0.29) is 0 Å². The Morgan fingerprint density at radius 1 is 1.05 bits per heavy atom. The molecule has 4 rings (SSSR count). The molecule has 1 aromatic carbocycles. The molecule has 106 valence electrons. The van der Waals surface area contributed by atoms with E-state index in [1.54, 1.807) is 6.20 Å². The molecule has 1 aliphatic heterocycles. The van der Waals surface area contributed by atoms with Crippen molar-refractivity contribution >= 4 is 5.82 Å². The van der Waals surface area contributed by atoms with Gasteiger partial charge in [0.25, 0.3) is 0 Å². The fraction of sp³-hybridized carbons (Fsp3) is 0.143. The average molecular weight is 283 g/mol. The zero-order valence-electron chi connectivity index (χ0n) is 11.1. The van der Waals surface area contributed by atoms with Crippen molar-refractivity contribution < 1.29 is 9.47 Å². The summed E-state index contributed by atoms with van der Waals surface area (Å²) in [4.78, 5) is 0. The van der Waals surface area contributed by atoms with Gasteiger partial charge in [-0.2, -0.15) is 10.2 Å². The lowest BCUT2D eigenvalue weighted by Gasteiger charge is -2.19. The van der Waals surface area contributed by atoms with Crippen LogP contribution in [-0.4, -0.2) is 33.6 Å². The molecule has 7 heteroatoms. The number of H-pyrrole nitrogens is 2. The number of rotatable bonds is 2. The van der Waals surface area contributed by atoms with Crippen LogP contribution in [0, 0.1) is 0 Å². The zero-order chi connectivity index (χ0) is 14.2. The van der Waals surface area contributed by atoms with Crippen LogP contribution in [0.5, 0.6) is 11.5 Å². The fourth-order valence-corrected chi connectivity index (χ4v) is 2.44. The van der Waals surface area contributed by atoms with Crippen LogP contribution in [0.25, 0.3) is 22.5 Å². The number of fused-ring (bicyclic) bond motifs is 1. The number of hydrogen-bond acceptors (Lipinski definition) is 5. The summed E-state index contributed by atoms with van der Waals surface area (Å²) in [6, 6.07) is 7.59. The maximum atomic E-state index is 6.01. The molecule has 0 atom stereocenters. The van der Waals surface area contributed by atoms with E-state index < -0.39 is 0 Å². The molecular weight excluding hydrogens is 270 g/mol. The maximum Gasteiger partial charge on any atom is 0.161 e. The highest BCUT2D eigenvalue weighted by Gasteiger charge is 2.19. The van der Waals surface area contributed by atoms with Gasteiger partial charge in [0.15, 0.2) is 17.3 Å². The Labute approximate surface area is 120 Å². The third-order valence-electron chi connectivity index (χ3n) is 3.40. The van der Waals surface area contributed by atoms with Crippen LogP contribution in [0.15, 0.2) is 30.5 Å². The van der Waals surface area contributed by atoms with Crippen molar-refractivity contribution in [2.45, 2.75) is 0 Å². The smallest absolute Gasteiger partial charge is 0.161 e. The van der Waals surface area contributed by atoms with Gasteiger partial charge in [-0.3, -0.25) is 10.2 Å². The number of nitrogens with two attached hydrogens (primary N) is 1. The Balaban J connectivity index is 1.85. The van der Waals surface area contributed by atoms with Crippen molar-refractivity contribution in [1.82, 2.24) is 20.4 Å². The van der Waals surface area contributed by atoms with Gasteiger partial charge in [-0.15, -0.1) is 0 Å². The molecule has 4 N–H and O–H groups in total. The molecule has 0 spiro atoms. The Kier molecular flexibility index (Phi) is 2.56. The molecule has 0 fully saturated rings. The third kappa shape index (κ3) is 1.90. The number of nitrogens with one attached hydrogen (secondary N) is 2. The van der Waals surface area contributed by atoms with Crippen LogP contribution in [0.3, 0.4) is 0 Å². The van der Waals surface area contributed by atoms with Gasteiger partial charge < -0.3 is 15.2 Å². The number of nitrogens with zero attached hydrogens (tertiary/aromatic N) is 2. The number of anilines is 1. The van der Waals surface area contributed by atoms with Crippen molar-refractivity contribution in [3.63, 3.8) is 0 Å². The molecular formula is C14H13N5O2. The van der Waals surface area contributed by atoms with Gasteiger partial charge in [-0.25, -0.2) is 0 Å². The highest BCUT2D eigenvalue weighted by Crippen LogP contribution is 2.39. The van der Waals surface area contributed by atoms with Gasteiger partial charge in [-0.05, 0) is 23.8 Å². The van der Waals surface area contributed by atoms with Gasteiger partial charge in [-0.1, -0.05) is 6.07 Å². The largest absolute Gasteiger partial charge is 0.486 e. The molecule has 0 saturated carbocycles. The summed E-state index contributed by atoms with van der Waals surface area (Å²) in [6.45, 7) is 1.12. The predicted molar refractivity (Wildman–Crippen MR) is 77.0 cm³/mol. The highest BCUT2D eigenvalue weighted by molar-refractivity contribution is 5.87. The highest BCUT2D eigenvalue weighted by atomic mass is 16.6. The molecule has 3 aromatic rings. The molecule has 0 unspecified atom stereocenters. The van der Waals surface area contributed by atoms with Crippen molar-refractivity contribution in [3.05, 3.63) is 30.5 Å². The summed E-state index contributed by atoms with van der Waals surface area (Å²) in [5, 5.41) is 13.9. The lowest BCUT2D eigenvalue weighted by Crippen LogP contribution is -2.15. The quantitative estimate of drug-likeness (QED) is 0.666. The Morgan fingerprint density at radius 3 is 2.71 bits per heavy atom. The topological polar surface area (TPSA) is 102 Å². The minimum atomic E-state index is 0.427. The number of hydrogen-bond donors (Lipinski definition) is 3. The second kappa shape index (κ2) is 4.55. The Bertz CT molecular complexity index is 779. The molecule has 3 heterocycles. The van der Waals surface area contributed by atoms with Crippen LogP contribution in [0.4, 0.5) is 5.82 Å². The molecule has 0 radical (unpaired) electrons. The molecule has 0 aliphatic carbocycles. The fourth-order valence-electron chi connectivity index (χ4n) is 2.44. The molecule has 0 saturated heterocycles. The first-order chi connectivity index (χ1) is 10.3. The third-order valence-corrected chi connectivity index (χ3v) is 3.40. The minimum Gasteiger partial charge on any atom is -0.486 e. The van der Waals surface area contributed by atoms with E-state index in [2.05, 4.69) is 20.4 Å². The van der Waals surface area contributed by atoms with Gasteiger partial charge in [0.05, 0.1) is 17.0 Å². The number of aromatic amines is 2. The maximum absolute atomic E-state index is 6.01. The van der Waals surface area contributed by atoms with Crippen molar-refractivity contribution in [2.75, 3.05) is 18.9 Å². The van der Waals surface area contributed by atoms with E-state index in [9.17, 15) is 0 Å². The summed E-state index contributed by atoms with van der Waals surface area (Å²) in [7, 11) is 0. The lowest BCUT2D eigenvalue weighted by molar-refractivity contribution is 0.171. The number of benzene rings is 1. The van der Waals surface area contributed by atoms with Crippen molar-refractivity contribution in [3.8, 4) is 34.0 Å². The Hall–Kier alpha value is -2.96. The number of nitrogen functional groups attached to an aromatic ring is 1. The second-order valence-electron chi connectivity index (χ2n) is 4.69. The van der Waals surface area contributed by atoms with Crippen LogP contribution in [0.1, 0.15) is 0 Å². The van der Waals surface area contributed by atoms with Gasteiger partial charge in [0.1, 0.15) is 13.2 Å². The number of aromatic nitrogens is 4. The summed E-state index contributed by atoms with van der Waals surface area (Å²) in [5.41, 5.74) is 9.35. The standard InChI is InChI=1S/C14H13N5O2/c15-14-12(13(18-19-14)9-3-4-16-17-9)8-1-2-10-11(7-8)21-6-5-20-10/h1-4,7H,5-6H2,(H,16,17)(H3,15,18,19). The number of ether oxygens (including phenoxy) is 2. The molecule has 2 aromatic heterocycles. The van der Waals surface area contributed by atoms with Crippen molar-refractivity contribution in [1.29, 1.82) is 0 Å². The van der Waals surface area contributed by atoms with E-state index in [0.29, 0.717) is 19.0 Å². The SMILES string of the molecule is Nc1n[nH]c(-c2ccn[nH]2)c1-c1ccc2c(c1)OCCO2. The predicted octanol–water partition coefficient (Wildman–Crippen LogP) is 1.82. The summed E-state index contributed by atoms with van der Waals surface area (Å²) < 4.78 is 11.1. The van der Waals surface area contributed by atoms with E-state index in [0.717, 1.165) is 34.0 Å². The average Bonchev–Trinajstić information content (AvgIpc) is 3.16. The van der Waals surface area contributed by atoms with Gasteiger partial charge >= 0.3 is 0 Å². The van der Waals surface area contributed by atoms with E-state index >= 15 is 0 Å². The monoisotopic (exact) mass is 283 g/mol. The van der Waals surface area contributed by atoms with Gasteiger partial charge in [0.2, 0.25) is 0 Å². The molecule has 7 nitrogen and oxygen atoms in total. The first-order valence-corrected chi connectivity index (χ1v) is 6.56. The first kappa shape index (κ1) is 11.8. The normalized spacial score (nSPS) is 13.3. The molecule has 1 aliphatic rings. The Morgan fingerprint density at radius 2 is 1.90 bits per heavy atom. The van der Waals surface area contributed by atoms with Crippen LogP contribution >= 0.6 is 0 Å². The van der Waals surface area contributed by atoms with E-state index in [1.165, 1.54) is 0 Å². The molecule has 21 heavy (non-hydrogen) atoms. The first-order valence-electron chi connectivity index (χ1n) is 6.56. The van der Waals surface area contributed by atoms with Crippen LogP contribution in [-0.2, 0) is 0 Å².